The van der Waals surface area contributed by atoms with Gasteiger partial charge in [0, 0.05) is 30.6 Å². The maximum atomic E-state index is 13.4. The predicted molar refractivity (Wildman–Crippen MR) is 149 cm³/mol. The minimum atomic E-state index is -3.54. The first-order chi connectivity index (χ1) is 17.6. The van der Waals surface area contributed by atoms with Crippen molar-refractivity contribution in [3.8, 4) is 0 Å². The zero-order valence-electron chi connectivity index (χ0n) is 21.7. The first-order valence-corrected chi connectivity index (χ1v) is 15.2. The second kappa shape index (κ2) is 13.8. The normalized spacial score (nSPS) is 15.1. The van der Waals surface area contributed by atoms with Gasteiger partial charge in [0.2, 0.25) is 21.8 Å². The number of amides is 2. The molecular weight excluding hydrogens is 510 g/mol. The van der Waals surface area contributed by atoms with Crippen molar-refractivity contribution in [2.24, 2.45) is 0 Å². The summed E-state index contributed by atoms with van der Waals surface area (Å²) in [4.78, 5) is 28.1. The largest absolute Gasteiger partial charge is 0.352 e. The van der Waals surface area contributed by atoms with Crippen molar-refractivity contribution in [2.45, 2.75) is 70.4 Å². The van der Waals surface area contributed by atoms with E-state index in [1.54, 1.807) is 36.1 Å². The molecule has 2 amide bonds. The molecule has 1 N–H and O–H groups in total. The zero-order valence-corrected chi connectivity index (χ0v) is 23.3. The highest BCUT2D eigenvalue weighted by molar-refractivity contribution is 7.92. The number of halogens is 1. The third-order valence-corrected chi connectivity index (χ3v) is 8.32. The highest BCUT2D eigenvalue weighted by Crippen LogP contribution is 2.22. The van der Waals surface area contributed by atoms with Crippen molar-refractivity contribution in [3.05, 3.63) is 65.2 Å². The maximum Gasteiger partial charge on any atom is 0.242 e. The summed E-state index contributed by atoms with van der Waals surface area (Å²) in [5.74, 6) is -0.293. The Hall–Kier alpha value is -2.58. The molecule has 1 aliphatic rings. The Morgan fingerprint density at radius 3 is 2.27 bits per heavy atom. The highest BCUT2D eigenvalue weighted by Gasteiger charge is 2.28. The van der Waals surface area contributed by atoms with Crippen LogP contribution in [0.1, 0.15) is 57.4 Å². The van der Waals surface area contributed by atoms with Gasteiger partial charge < -0.3 is 10.2 Å². The number of benzene rings is 2. The minimum absolute atomic E-state index is 0.132. The van der Waals surface area contributed by atoms with Crippen LogP contribution in [0.2, 0.25) is 5.02 Å². The van der Waals surface area contributed by atoms with Gasteiger partial charge in [-0.05, 0) is 62.4 Å². The molecule has 7 nitrogen and oxygen atoms in total. The van der Waals surface area contributed by atoms with Crippen molar-refractivity contribution >= 4 is 39.1 Å². The summed E-state index contributed by atoms with van der Waals surface area (Å²) >= 11 is 5.95. The molecule has 0 spiro atoms. The van der Waals surface area contributed by atoms with Crippen LogP contribution in [0.15, 0.2) is 54.6 Å². The molecule has 1 atom stereocenters. The van der Waals surface area contributed by atoms with Crippen LogP contribution in [0.3, 0.4) is 0 Å². The fourth-order valence-electron chi connectivity index (χ4n) is 4.75. The SMILES string of the molecule is C[C@@H](C(=O)NC1CCCCC1)N(CCc1ccccc1)C(=O)CCCN(c1ccc(Cl)cc1)S(C)(=O)=O. The quantitative estimate of drug-likeness (QED) is 0.414. The van der Waals surface area contributed by atoms with Gasteiger partial charge in [-0.15, -0.1) is 0 Å². The van der Waals surface area contributed by atoms with Gasteiger partial charge >= 0.3 is 0 Å². The molecule has 0 heterocycles. The van der Waals surface area contributed by atoms with E-state index >= 15 is 0 Å². The molecule has 1 aliphatic carbocycles. The molecule has 0 radical (unpaired) electrons. The number of carbonyl (C=O) groups excluding carboxylic acids is 2. The summed E-state index contributed by atoms with van der Waals surface area (Å²) in [5.41, 5.74) is 1.59. The van der Waals surface area contributed by atoms with Crippen LogP contribution in [-0.2, 0) is 26.0 Å². The molecule has 0 saturated heterocycles. The topological polar surface area (TPSA) is 86.8 Å². The fraction of sp³-hybridized carbons (Fsp3) is 0.500. The molecule has 0 aromatic heterocycles. The summed E-state index contributed by atoms with van der Waals surface area (Å²) < 4.78 is 26.1. The summed E-state index contributed by atoms with van der Waals surface area (Å²) in [6, 6.07) is 16.0. The van der Waals surface area contributed by atoms with Gasteiger partial charge in [0.1, 0.15) is 6.04 Å². The molecule has 0 aliphatic heterocycles. The Balaban J connectivity index is 1.66. The molecule has 0 bridgehead atoms. The van der Waals surface area contributed by atoms with E-state index in [4.69, 9.17) is 11.6 Å². The Labute approximate surface area is 226 Å². The van der Waals surface area contributed by atoms with E-state index in [-0.39, 0.29) is 30.8 Å². The van der Waals surface area contributed by atoms with Crippen LogP contribution in [0, 0.1) is 0 Å². The van der Waals surface area contributed by atoms with Crippen molar-refractivity contribution in [1.82, 2.24) is 10.2 Å². The molecule has 9 heteroatoms. The van der Waals surface area contributed by atoms with Crippen molar-refractivity contribution in [2.75, 3.05) is 23.7 Å². The van der Waals surface area contributed by atoms with E-state index in [0.29, 0.717) is 30.1 Å². The summed E-state index contributed by atoms with van der Waals surface area (Å²) in [6.07, 6.45) is 7.61. The molecular formula is C28H38ClN3O4S. The van der Waals surface area contributed by atoms with Crippen LogP contribution in [0.5, 0.6) is 0 Å². The number of nitrogens with one attached hydrogen (secondary N) is 1. The predicted octanol–water partition coefficient (Wildman–Crippen LogP) is 4.79. The lowest BCUT2D eigenvalue weighted by Gasteiger charge is -2.31. The van der Waals surface area contributed by atoms with Crippen molar-refractivity contribution < 1.29 is 18.0 Å². The third-order valence-electron chi connectivity index (χ3n) is 6.87. The molecule has 2 aromatic rings. The second-order valence-corrected chi connectivity index (χ2v) is 12.1. The lowest BCUT2D eigenvalue weighted by Crippen LogP contribution is -2.51. The van der Waals surface area contributed by atoms with Gasteiger partial charge in [0.15, 0.2) is 0 Å². The Kier molecular flexibility index (Phi) is 10.8. The van der Waals surface area contributed by atoms with E-state index in [1.165, 1.54) is 10.7 Å². The average molecular weight is 548 g/mol. The van der Waals surface area contributed by atoms with Crippen LogP contribution in [0.4, 0.5) is 5.69 Å². The number of hydrogen-bond donors (Lipinski definition) is 1. The standard InChI is InChI=1S/C28H38ClN3O4S/c1-22(28(34)30-25-12-7-4-8-13-25)31(21-19-23-10-5-3-6-11-23)27(33)14-9-20-32(37(2,35)36)26-17-15-24(29)16-18-26/h3,5-6,10-11,15-18,22,25H,4,7-9,12-14,19-21H2,1-2H3,(H,30,34)/t22-/m0/s1. The smallest absolute Gasteiger partial charge is 0.242 e. The molecule has 37 heavy (non-hydrogen) atoms. The van der Waals surface area contributed by atoms with Gasteiger partial charge in [0.05, 0.1) is 11.9 Å². The summed E-state index contributed by atoms with van der Waals surface area (Å²) in [6.45, 7) is 2.34. The van der Waals surface area contributed by atoms with Gasteiger partial charge in [-0.1, -0.05) is 61.2 Å². The first kappa shape index (κ1) is 29.0. The lowest BCUT2D eigenvalue weighted by molar-refractivity contribution is -0.140. The number of nitrogens with zero attached hydrogens (tertiary/aromatic N) is 2. The molecule has 0 unspecified atom stereocenters. The van der Waals surface area contributed by atoms with E-state index in [9.17, 15) is 18.0 Å². The van der Waals surface area contributed by atoms with E-state index in [2.05, 4.69) is 5.32 Å². The zero-order chi connectivity index (χ0) is 26.8. The Morgan fingerprint density at radius 1 is 1.00 bits per heavy atom. The molecule has 1 saturated carbocycles. The average Bonchev–Trinajstić information content (AvgIpc) is 2.88. The maximum absolute atomic E-state index is 13.4. The number of rotatable bonds is 12. The Morgan fingerprint density at radius 2 is 1.65 bits per heavy atom. The van der Waals surface area contributed by atoms with Gasteiger partial charge in [0.25, 0.3) is 0 Å². The number of sulfonamides is 1. The summed E-state index contributed by atoms with van der Waals surface area (Å²) in [7, 11) is -3.54. The van der Waals surface area contributed by atoms with Crippen LogP contribution in [-0.4, -0.2) is 56.6 Å². The lowest BCUT2D eigenvalue weighted by atomic mass is 9.95. The van der Waals surface area contributed by atoms with Crippen molar-refractivity contribution in [1.29, 1.82) is 0 Å². The number of carbonyl (C=O) groups is 2. The van der Waals surface area contributed by atoms with Crippen LogP contribution in [0.25, 0.3) is 0 Å². The van der Waals surface area contributed by atoms with Gasteiger partial charge in [-0.3, -0.25) is 13.9 Å². The first-order valence-electron chi connectivity index (χ1n) is 13.0. The molecule has 202 valence electrons. The Bertz CT molecular complexity index is 1120. The van der Waals surface area contributed by atoms with Gasteiger partial charge in [-0.2, -0.15) is 0 Å². The number of hydrogen-bond acceptors (Lipinski definition) is 4. The van der Waals surface area contributed by atoms with E-state index < -0.39 is 16.1 Å². The van der Waals surface area contributed by atoms with E-state index in [0.717, 1.165) is 37.5 Å². The minimum Gasteiger partial charge on any atom is -0.352 e. The fourth-order valence-corrected chi connectivity index (χ4v) is 5.84. The molecule has 1 fully saturated rings. The molecule has 2 aromatic carbocycles. The van der Waals surface area contributed by atoms with Crippen molar-refractivity contribution in [3.63, 3.8) is 0 Å². The highest BCUT2D eigenvalue weighted by atomic mass is 35.5. The van der Waals surface area contributed by atoms with Gasteiger partial charge in [-0.25, -0.2) is 8.42 Å². The van der Waals surface area contributed by atoms with Crippen LogP contribution < -0.4 is 9.62 Å². The summed E-state index contributed by atoms with van der Waals surface area (Å²) in [5, 5.41) is 3.66. The monoisotopic (exact) mass is 547 g/mol. The third kappa shape index (κ3) is 9.04. The second-order valence-electron chi connectivity index (χ2n) is 9.76. The molecule has 3 rings (SSSR count). The number of anilines is 1. The van der Waals surface area contributed by atoms with E-state index in [1.807, 2.05) is 30.3 Å². The van der Waals surface area contributed by atoms with Crippen LogP contribution >= 0.6 is 11.6 Å².